The fraction of sp³-hybridized carbons (Fsp3) is 0.273. The van der Waals surface area contributed by atoms with Crippen molar-refractivity contribution in [2.24, 2.45) is 5.92 Å². The SMILES string of the molecule is Cc1ccn(-c2ccc(C(=O)N[C@@H]3CCC(F)(F)C[C@H]3C(=O)N3CCc4c(-c5ccsc5)nc5ccccc5c43)cc2)n1.Cl. The van der Waals surface area contributed by atoms with E-state index >= 15 is 0 Å². The second-order valence-electron chi connectivity index (χ2n) is 11.3. The van der Waals surface area contributed by atoms with Gasteiger partial charge in [-0.05, 0) is 67.6 Å². The first kappa shape index (κ1) is 29.9. The van der Waals surface area contributed by atoms with E-state index in [1.54, 1.807) is 45.2 Å². The van der Waals surface area contributed by atoms with Crippen molar-refractivity contribution in [1.29, 1.82) is 0 Å². The number of para-hydroxylation sites is 1. The standard InChI is InChI=1S/C33H29F2N5O2S.ClH/c1-20-11-16-40(38-20)23-8-6-21(7-9-23)31(41)37-28-10-14-33(34,35)18-26(28)32(42)39-15-12-25-29(22-13-17-43-19-22)36-27-5-3-2-4-24(27)30(25)39;/h2-9,11,13,16-17,19,26,28H,10,12,14-15,18H2,1H3,(H,37,41);1H/t26-,28-;/m1./s1. The van der Waals surface area contributed by atoms with Crippen LogP contribution in [0.15, 0.2) is 77.6 Å². The van der Waals surface area contributed by atoms with E-state index in [0.29, 0.717) is 18.5 Å². The van der Waals surface area contributed by atoms with Crippen molar-refractivity contribution in [3.63, 3.8) is 0 Å². The molecule has 11 heteroatoms. The first-order chi connectivity index (χ1) is 20.8. The summed E-state index contributed by atoms with van der Waals surface area (Å²) < 4.78 is 31.4. The minimum absolute atomic E-state index is 0. The van der Waals surface area contributed by atoms with Crippen LogP contribution < -0.4 is 10.2 Å². The van der Waals surface area contributed by atoms with Gasteiger partial charge in [-0.15, -0.1) is 12.4 Å². The molecule has 2 atom stereocenters. The third-order valence-electron chi connectivity index (χ3n) is 8.45. The average Bonchev–Trinajstić information content (AvgIpc) is 3.79. The zero-order valence-electron chi connectivity index (χ0n) is 23.9. The molecule has 3 aromatic heterocycles. The van der Waals surface area contributed by atoms with Crippen LogP contribution in [0.3, 0.4) is 0 Å². The average molecular weight is 634 g/mol. The number of carbonyl (C=O) groups is 2. The van der Waals surface area contributed by atoms with Gasteiger partial charge in [-0.2, -0.15) is 16.4 Å². The molecule has 1 aliphatic carbocycles. The van der Waals surface area contributed by atoms with Crippen molar-refractivity contribution >= 4 is 52.1 Å². The van der Waals surface area contributed by atoms with Crippen molar-refractivity contribution in [3.05, 3.63) is 94.4 Å². The summed E-state index contributed by atoms with van der Waals surface area (Å²) in [6.45, 7) is 2.27. The maximum atomic E-state index is 14.8. The molecule has 2 aliphatic rings. The molecule has 226 valence electrons. The molecule has 7 nitrogen and oxygen atoms in total. The predicted molar refractivity (Wildman–Crippen MR) is 170 cm³/mol. The molecule has 2 amide bonds. The van der Waals surface area contributed by atoms with Gasteiger partial charge in [-0.1, -0.05) is 18.2 Å². The van der Waals surface area contributed by atoms with Gasteiger partial charge in [0.15, 0.2) is 0 Å². The topological polar surface area (TPSA) is 80.1 Å². The van der Waals surface area contributed by atoms with E-state index in [-0.39, 0.29) is 31.2 Å². The number of hydrogen-bond acceptors (Lipinski definition) is 5. The van der Waals surface area contributed by atoms with E-state index in [0.717, 1.165) is 44.8 Å². The Labute approximate surface area is 263 Å². The third kappa shape index (κ3) is 5.48. The number of halogens is 3. The predicted octanol–water partition coefficient (Wildman–Crippen LogP) is 7.00. The Kier molecular flexibility index (Phi) is 7.98. The van der Waals surface area contributed by atoms with Gasteiger partial charge in [0, 0.05) is 59.1 Å². The Bertz CT molecular complexity index is 1840. The van der Waals surface area contributed by atoms with Crippen molar-refractivity contribution < 1.29 is 18.4 Å². The van der Waals surface area contributed by atoms with Crippen LogP contribution in [0, 0.1) is 12.8 Å². The fourth-order valence-electron chi connectivity index (χ4n) is 6.32. The zero-order chi connectivity index (χ0) is 29.7. The second-order valence-corrected chi connectivity index (χ2v) is 12.1. The van der Waals surface area contributed by atoms with Crippen LogP contribution in [0.4, 0.5) is 14.5 Å². The van der Waals surface area contributed by atoms with Crippen LogP contribution in [0.2, 0.25) is 0 Å². The molecule has 0 spiro atoms. The van der Waals surface area contributed by atoms with Gasteiger partial charge in [0.05, 0.1) is 34.2 Å². The summed E-state index contributed by atoms with van der Waals surface area (Å²) >= 11 is 1.57. The van der Waals surface area contributed by atoms with Gasteiger partial charge < -0.3 is 10.2 Å². The molecule has 1 saturated carbocycles. The lowest BCUT2D eigenvalue weighted by atomic mass is 9.81. The first-order valence-electron chi connectivity index (χ1n) is 14.3. The number of thiophene rings is 1. The molecule has 0 unspecified atom stereocenters. The Morgan fingerprint density at radius 3 is 2.59 bits per heavy atom. The van der Waals surface area contributed by atoms with Gasteiger partial charge in [0.25, 0.3) is 5.91 Å². The summed E-state index contributed by atoms with van der Waals surface area (Å²) in [5, 5.41) is 12.1. The molecule has 4 heterocycles. The van der Waals surface area contributed by atoms with Gasteiger partial charge in [0.2, 0.25) is 11.8 Å². The first-order valence-corrected chi connectivity index (χ1v) is 15.3. The summed E-state index contributed by atoms with van der Waals surface area (Å²) in [6, 6.07) is 17.7. The lowest BCUT2D eigenvalue weighted by Crippen LogP contribution is -2.52. The summed E-state index contributed by atoms with van der Waals surface area (Å²) in [5.41, 5.74) is 6.28. The van der Waals surface area contributed by atoms with Crippen LogP contribution in [0.5, 0.6) is 0 Å². The molecule has 7 rings (SSSR count). The summed E-state index contributed by atoms with van der Waals surface area (Å²) in [7, 11) is 0. The Hall–Kier alpha value is -4.15. The van der Waals surface area contributed by atoms with Crippen molar-refractivity contribution in [3.8, 4) is 16.9 Å². The van der Waals surface area contributed by atoms with Gasteiger partial charge in [-0.25, -0.2) is 18.4 Å². The highest BCUT2D eigenvalue weighted by molar-refractivity contribution is 7.08. The number of aryl methyl sites for hydroxylation is 1. The molecule has 0 bridgehead atoms. The molecule has 5 aromatic rings. The highest BCUT2D eigenvalue weighted by Gasteiger charge is 2.47. The van der Waals surface area contributed by atoms with Crippen LogP contribution in [-0.4, -0.2) is 45.1 Å². The summed E-state index contributed by atoms with van der Waals surface area (Å²) in [4.78, 5) is 34.1. The number of carbonyl (C=O) groups excluding carboxylic acids is 2. The van der Waals surface area contributed by atoms with Crippen LogP contribution in [0.25, 0.3) is 27.8 Å². The molecule has 2 aromatic carbocycles. The van der Waals surface area contributed by atoms with Crippen molar-refractivity contribution in [2.45, 2.75) is 44.6 Å². The molecule has 1 fully saturated rings. The highest BCUT2D eigenvalue weighted by atomic mass is 35.5. The fourth-order valence-corrected chi connectivity index (χ4v) is 6.96. The smallest absolute Gasteiger partial charge is 0.251 e. The van der Waals surface area contributed by atoms with E-state index < -0.39 is 30.2 Å². The maximum Gasteiger partial charge on any atom is 0.251 e. The van der Waals surface area contributed by atoms with Crippen LogP contribution in [-0.2, 0) is 11.2 Å². The maximum absolute atomic E-state index is 14.8. The second kappa shape index (κ2) is 11.7. The molecular formula is C33H30ClF2N5O2S. The Morgan fingerprint density at radius 1 is 1.07 bits per heavy atom. The number of benzene rings is 2. The number of pyridine rings is 1. The highest BCUT2D eigenvalue weighted by Crippen LogP contribution is 2.44. The van der Waals surface area contributed by atoms with Crippen molar-refractivity contribution in [1.82, 2.24) is 20.1 Å². The molecule has 44 heavy (non-hydrogen) atoms. The van der Waals surface area contributed by atoms with E-state index in [1.807, 2.05) is 60.3 Å². The normalized spacial score (nSPS) is 18.9. The van der Waals surface area contributed by atoms with Crippen LogP contribution in [0.1, 0.15) is 40.9 Å². The Morgan fingerprint density at radius 2 is 1.86 bits per heavy atom. The number of alkyl halides is 2. The lowest BCUT2D eigenvalue weighted by Gasteiger charge is -2.37. The van der Waals surface area contributed by atoms with E-state index in [1.165, 1.54) is 0 Å². The quantitative estimate of drug-likeness (QED) is 0.226. The number of nitrogens with one attached hydrogen (secondary N) is 1. The summed E-state index contributed by atoms with van der Waals surface area (Å²) in [5.74, 6) is -4.84. The number of hydrogen-bond donors (Lipinski definition) is 1. The van der Waals surface area contributed by atoms with Crippen molar-refractivity contribution in [2.75, 3.05) is 11.4 Å². The van der Waals surface area contributed by atoms with Gasteiger partial charge >= 0.3 is 0 Å². The number of aromatic nitrogens is 3. The van der Waals surface area contributed by atoms with Gasteiger partial charge in [-0.3, -0.25) is 9.59 Å². The third-order valence-corrected chi connectivity index (χ3v) is 9.14. The molecular weight excluding hydrogens is 604 g/mol. The molecule has 0 saturated heterocycles. The van der Waals surface area contributed by atoms with E-state index in [2.05, 4.69) is 10.4 Å². The molecule has 1 N–H and O–H groups in total. The lowest BCUT2D eigenvalue weighted by molar-refractivity contribution is -0.131. The molecule has 0 radical (unpaired) electrons. The van der Waals surface area contributed by atoms with Crippen LogP contribution >= 0.6 is 23.7 Å². The number of fused-ring (bicyclic) bond motifs is 3. The van der Waals surface area contributed by atoms with E-state index in [9.17, 15) is 18.4 Å². The van der Waals surface area contributed by atoms with E-state index in [4.69, 9.17) is 4.98 Å². The zero-order valence-corrected chi connectivity index (χ0v) is 25.5. The summed E-state index contributed by atoms with van der Waals surface area (Å²) in [6.07, 6.45) is 1.43. The number of amides is 2. The number of nitrogens with zero attached hydrogens (tertiary/aromatic N) is 4. The minimum Gasteiger partial charge on any atom is -0.348 e. The monoisotopic (exact) mass is 633 g/mol. The van der Waals surface area contributed by atoms with Gasteiger partial charge in [0.1, 0.15) is 0 Å². The largest absolute Gasteiger partial charge is 0.348 e. The number of anilines is 1. The minimum atomic E-state index is -2.99. The Balaban J connectivity index is 0.00000343. The number of rotatable bonds is 5. The molecule has 1 aliphatic heterocycles.